The lowest BCUT2D eigenvalue weighted by Crippen LogP contribution is -2.05. The molecule has 0 unspecified atom stereocenters. The molecule has 0 saturated heterocycles. The third-order valence-electron chi connectivity index (χ3n) is 5.82. The first-order valence-electron chi connectivity index (χ1n) is 11.1. The largest absolute Gasteiger partial charge is 0.454 e. The van der Waals surface area contributed by atoms with E-state index in [2.05, 4.69) is 10.3 Å². The van der Waals surface area contributed by atoms with Crippen LogP contribution < -0.4 is 20.5 Å². The van der Waals surface area contributed by atoms with Gasteiger partial charge >= 0.3 is 0 Å². The van der Waals surface area contributed by atoms with Gasteiger partial charge in [-0.1, -0.05) is 60.1 Å². The van der Waals surface area contributed by atoms with Gasteiger partial charge in [-0.05, 0) is 35.4 Å². The first kappa shape index (κ1) is 21.2. The second-order valence-electron chi connectivity index (χ2n) is 8.17. The van der Waals surface area contributed by atoms with Gasteiger partial charge in [-0.2, -0.15) is 4.98 Å². The number of nitrogens with two attached hydrogens (primary N) is 1. The van der Waals surface area contributed by atoms with E-state index in [1.165, 1.54) is 0 Å². The van der Waals surface area contributed by atoms with Crippen LogP contribution in [0.5, 0.6) is 11.5 Å². The van der Waals surface area contributed by atoms with Crippen LogP contribution in [0.2, 0.25) is 5.02 Å². The smallest absolute Gasteiger partial charge is 0.231 e. The van der Waals surface area contributed by atoms with Gasteiger partial charge in [0.1, 0.15) is 5.82 Å². The number of fused-ring (bicyclic) bond motifs is 2. The monoisotopic (exact) mass is 484 g/mol. The summed E-state index contributed by atoms with van der Waals surface area (Å²) < 4.78 is 12.6. The lowest BCUT2D eigenvalue weighted by molar-refractivity contribution is 0.174. The number of halogens is 1. The van der Waals surface area contributed by atoms with Crippen molar-refractivity contribution in [2.75, 3.05) is 17.8 Å². The Morgan fingerprint density at radius 3 is 2.54 bits per heavy atom. The number of rotatable bonds is 6. The van der Waals surface area contributed by atoms with Crippen LogP contribution in [0.25, 0.3) is 22.3 Å². The van der Waals surface area contributed by atoms with Crippen molar-refractivity contribution in [2.45, 2.75) is 13.1 Å². The summed E-state index contributed by atoms with van der Waals surface area (Å²) >= 11 is 6.13. The predicted octanol–water partition coefficient (Wildman–Crippen LogP) is 5.12. The van der Waals surface area contributed by atoms with Gasteiger partial charge in [0.25, 0.3) is 0 Å². The molecule has 3 heterocycles. The van der Waals surface area contributed by atoms with Crippen LogP contribution >= 0.6 is 11.6 Å². The maximum Gasteiger partial charge on any atom is 0.231 e. The standard InChI is InChI=1S/C26H21ClN6O2/c27-19-9-7-18(8-10-19)23-22-24(28)33(14-16-4-2-1-3-5-16)32-25(22)31-26(30-23)29-13-17-6-11-20-21(12-17)35-15-34-20/h1-12H,13-15,28H2,(H,29,31,32). The zero-order valence-electron chi connectivity index (χ0n) is 18.6. The van der Waals surface area contributed by atoms with E-state index in [1.54, 1.807) is 4.68 Å². The number of nitrogens with one attached hydrogen (secondary N) is 1. The number of aromatic nitrogens is 4. The number of benzene rings is 3. The minimum atomic E-state index is 0.240. The molecule has 2 aromatic heterocycles. The van der Waals surface area contributed by atoms with Gasteiger partial charge in [-0.25, -0.2) is 9.67 Å². The number of hydrogen-bond acceptors (Lipinski definition) is 7. The summed E-state index contributed by atoms with van der Waals surface area (Å²) in [6, 6.07) is 23.3. The van der Waals surface area contributed by atoms with Gasteiger partial charge in [0.2, 0.25) is 12.7 Å². The summed E-state index contributed by atoms with van der Waals surface area (Å²) in [6.07, 6.45) is 0. The van der Waals surface area contributed by atoms with Crippen molar-refractivity contribution in [2.24, 2.45) is 0 Å². The molecule has 1 aliphatic rings. The molecule has 0 aliphatic carbocycles. The zero-order chi connectivity index (χ0) is 23.8. The number of ether oxygens (including phenoxy) is 2. The van der Waals surface area contributed by atoms with E-state index in [4.69, 9.17) is 36.9 Å². The van der Waals surface area contributed by atoms with Crippen molar-refractivity contribution in [3.63, 3.8) is 0 Å². The average Bonchev–Trinajstić information content (AvgIpc) is 3.47. The highest BCUT2D eigenvalue weighted by Crippen LogP contribution is 2.34. The zero-order valence-corrected chi connectivity index (χ0v) is 19.4. The molecular formula is C26H21ClN6O2. The summed E-state index contributed by atoms with van der Waals surface area (Å²) in [5, 5.41) is 9.37. The van der Waals surface area contributed by atoms with Gasteiger partial charge in [0.15, 0.2) is 17.1 Å². The summed E-state index contributed by atoms with van der Waals surface area (Å²) in [5.41, 5.74) is 10.8. The summed E-state index contributed by atoms with van der Waals surface area (Å²) in [6.45, 7) is 1.27. The molecule has 0 radical (unpaired) electrons. The number of anilines is 2. The summed E-state index contributed by atoms with van der Waals surface area (Å²) in [7, 11) is 0. The van der Waals surface area contributed by atoms with Crippen LogP contribution in [-0.4, -0.2) is 26.5 Å². The van der Waals surface area contributed by atoms with Crippen molar-refractivity contribution in [1.82, 2.24) is 19.7 Å². The van der Waals surface area contributed by atoms with Gasteiger partial charge < -0.3 is 20.5 Å². The van der Waals surface area contributed by atoms with E-state index in [1.807, 2.05) is 72.8 Å². The lowest BCUT2D eigenvalue weighted by atomic mass is 10.1. The van der Waals surface area contributed by atoms with E-state index in [0.717, 1.165) is 28.2 Å². The Balaban J connectivity index is 1.38. The second kappa shape index (κ2) is 8.81. The molecule has 9 heteroatoms. The fourth-order valence-electron chi connectivity index (χ4n) is 4.06. The van der Waals surface area contributed by atoms with E-state index in [-0.39, 0.29) is 6.79 Å². The van der Waals surface area contributed by atoms with Crippen molar-refractivity contribution in [3.05, 3.63) is 88.9 Å². The predicted molar refractivity (Wildman–Crippen MR) is 136 cm³/mol. The van der Waals surface area contributed by atoms with E-state index >= 15 is 0 Å². The number of nitrogens with zero attached hydrogens (tertiary/aromatic N) is 4. The number of hydrogen-bond donors (Lipinski definition) is 2. The molecule has 8 nitrogen and oxygen atoms in total. The quantitative estimate of drug-likeness (QED) is 0.345. The molecule has 3 N–H and O–H groups in total. The van der Waals surface area contributed by atoms with Crippen LogP contribution in [0.1, 0.15) is 11.1 Å². The van der Waals surface area contributed by atoms with Gasteiger partial charge in [-0.15, -0.1) is 5.10 Å². The molecule has 5 aromatic rings. The molecule has 1 aliphatic heterocycles. The lowest BCUT2D eigenvalue weighted by Gasteiger charge is -2.09. The van der Waals surface area contributed by atoms with Crippen LogP contribution in [0, 0.1) is 0 Å². The normalized spacial score (nSPS) is 12.3. The van der Waals surface area contributed by atoms with Gasteiger partial charge in [-0.3, -0.25) is 0 Å². The second-order valence-corrected chi connectivity index (χ2v) is 8.61. The SMILES string of the molecule is Nc1c2c(-c3ccc(Cl)cc3)nc(NCc3ccc4c(c3)OCO4)nc2nn1Cc1ccccc1. The van der Waals surface area contributed by atoms with Crippen LogP contribution in [0.3, 0.4) is 0 Å². The molecule has 174 valence electrons. The average molecular weight is 485 g/mol. The van der Waals surface area contributed by atoms with Crippen molar-refractivity contribution >= 4 is 34.4 Å². The van der Waals surface area contributed by atoms with E-state index in [9.17, 15) is 0 Å². The Morgan fingerprint density at radius 1 is 0.914 bits per heavy atom. The maximum atomic E-state index is 6.57. The van der Waals surface area contributed by atoms with Crippen molar-refractivity contribution < 1.29 is 9.47 Å². The Labute approximate surface area is 206 Å². The molecule has 0 fully saturated rings. The fourth-order valence-corrected chi connectivity index (χ4v) is 4.19. The van der Waals surface area contributed by atoms with E-state index in [0.29, 0.717) is 46.6 Å². The van der Waals surface area contributed by atoms with Crippen LogP contribution in [0.4, 0.5) is 11.8 Å². The molecule has 0 atom stereocenters. The fraction of sp³-hybridized carbons (Fsp3) is 0.115. The molecular weight excluding hydrogens is 464 g/mol. The molecule has 0 bridgehead atoms. The van der Waals surface area contributed by atoms with E-state index < -0.39 is 0 Å². The maximum absolute atomic E-state index is 6.57. The van der Waals surface area contributed by atoms with Crippen molar-refractivity contribution in [3.8, 4) is 22.8 Å². The highest BCUT2D eigenvalue weighted by molar-refractivity contribution is 6.30. The van der Waals surface area contributed by atoms with Crippen LogP contribution in [0.15, 0.2) is 72.8 Å². The Hall–Kier alpha value is -4.30. The summed E-state index contributed by atoms with van der Waals surface area (Å²) in [4.78, 5) is 9.49. The van der Waals surface area contributed by atoms with Gasteiger partial charge in [0, 0.05) is 17.1 Å². The van der Waals surface area contributed by atoms with Gasteiger partial charge in [0.05, 0.1) is 17.6 Å². The minimum absolute atomic E-state index is 0.240. The summed E-state index contributed by atoms with van der Waals surface area (Å²) in [5.74, 6) is 2.44. The first-order chi connectivity index (χ1) is 17.1. The number of nitrogen functional groups attached to an aromatic ring is 1. The Morgan fingerprint density at radius 2 is 1.71 bits per heavy atom. The molecule has 3 aromatic carbocycles. The Bertz CT molecular complexity index is 1520. The highest BCUT2D eigenvalue weighted by Gasteiger charge is 2.19. The molecule has 0 amide bonds. The molecule has 6 rings (SSSR count). The minimum Gasteiger partial charge on any atom is -0.454 e. The molecule has 0 saturated carbocycles. The topological polar surface area (TPSA) is 100 Å². The molecule has 35 heavy (non-hydrogen) atoms. The third-order valence-corrected chi connectivity index (χ3v) is 6.07. The highest BCUT2D eigenvalue weighted by atomic mass is 35.5. The Kier molecular flexibility index (Phi) is 5.35. The first-order valence-corrected chi connectivity index (χ1v) is 11.5. The molecule has 0 spiro atoms. The van der Waals surface area contributed by atoms with Crippen LogP contribution in [-0.2, 0) is 13.1 Å². The van der Waals surface area contributed by atoms with Crippen molar-refractivity contribution in [1.29, 1.82) is 0 Å². The third kappa shape index (κ3) is 4.20.